The number of fused-ring (bicyclic) bond motifs is 2. The molecule has 1 fully saturated rings. The summed E-state index contributed by atoms with van der Waals surface area (Å²) in [5, 5.41) is 8.36. The minimum absolute atomic E-state index is 0.0671. The molecule has 3 nitrogen and oxygen atoms in total. The van der Waals surface area contributed by atoms with Crippen molar-refractivity contribution in [3.05, 3.63) is 12.2 Å². The summed E-state index contributed by atoms with van der Waals surface area (Å²) in [6.07, 6.45) is 4.98. The van der Waals surface area contributed by atoms with Crippen LogP contribution in [0.15, 0.2) is 12.2 Å². The Morgan fingerprint density at radius 3 is 2.73 bits per heavy atom. The molecule has 60 valence electrons. The summed E-state index contributed by atoms with van der Waals surface area (Å²) >= 11 is 0. The first-order chi connectivity index (χ1) is 5.25. The van der Waals surface area contributed by atoms with Gasteiger partial charge >= 0.3 is 6.16 Å². The van der Waals surface area contributed by atoms with Crippen molar-refractivity contribution in [3.8, 4) is 0 Å². The van der Waals surface area contributed by atoms with Crippen LogP contribution in [0.2, 0.25) is 0 Å². The average molecular weight is 154 g/mol. The molecule has 0 amide bonds. The highest BCUT2D eigenvalue weighted by Crippen LogP contribution is 2.40. The summed E-state index contributed by atoms with van der Waals surface area (Å²) in [5.41, 5.74) is 0. The maximum atomic E-state index is 10.2. The van der Waals surface area contributed by atoms with E-state index in [2.05, 4.69) is 12.2 Å². The predicted molar refractivity (Wildman–Crippen MR) is 38.3 cm³/mol. The van der Waals surface area contributed by atoms with Crippen LogP contribution in [0.4, 0.5) is 4.79 Å². The molecule has 2 aliphatic carbocycles. The minimum Gasteiger partial charge on any atom is -0.450 e. The zero-order valence-electron chi connectivity index (χ0n) is 6.06. The van der Waals surface area contributed by atoms with E-state index < -0.39 is 6.16 Å². The molecule has 0 spiro atoms. The number of allylic oxidation sites excluding steroid dienone is 1. The van der Waals surface area contributed by atoms with Gasteiger partial charge in [-0.3, -0.25) is 0 Å². The normalized spacial score (nSPS) is 39.5. The highest BCUT2D eigenvalue weighted by molar-refractivity contribution is 5.57. The zero-order valence-corrected chi connectivity index (χ0v) is 6.06. The first kappa shape index (κ1) is 6.70. The van der Waals surface area contributed by atoms with Crippen LogP contribution in [0.3, 0.4) is 0 Å². The third-order valence-electron chi connectivity index (χ3n) is 2.47. The van der Waals surface area contributed by atoms with Crippen molar-refractivity contribution >= 4 is 6.16 Å². The van der Waals surface area contributed by atoms with E-state index in [1.807, 2.05) is 0 Å². The van der Waals surface area contributed by atoms with Gasteiger partial charge < -0.3 is 9.84 Å². The molecule has 0 aromatic heterocycles. The first-order valence-electron chi connectivity index (χ1n) is 3.83. The number of carbonyl (C=O) groups is 1. The van der Waals surface area contributed by atoms with E-state index in [4.69, 9.17) is 9.84 Å². The van der Waals surface area contributed by atoms with E-state index in [-0.39, 0.29) is 6.10 Å². The second-order valence-electron chi connectivity index (χ2n) is 3.20. The maximum Gasteiger partial charge on any atom is 0.506 e. The minimum atomic E-state index is -1.14. The van der Waals surface area contributed by atoms with Crippen molar-refractivity contribution in [3.63, 3.8) is 0 Å². The van der Waals surface area contributed by atoms with Crippen molar-refractivity contribution < 1.29 is 14.6 Å². The van der Waals surface area contributed by atoms with Crippen LogP contribution in [0.1, 0.15) is 12.8 Å². The SMILES string of the molecule is O=C(O)O[C@@H]1CC2C=CC1C2. The molecule has 0 radical (unpaired) electrons. The van der Waals surface area contributed by atoms with Crippen LogP contribution in [0, 0.1) is 11.8 Å². The van der Waals surface area contributed by atoms with E-state index in [0.717, 1.165) is 12.8 Å². The summed E-state index contributed by atoms with van der Waals surface area (Å²) in [7, 11) is 0. The van der Waals surface area contributed by atoms with E-state index in [0.29, 0.717) is 11.8 Å². The Bertz CT molecular complexity index is 209. The number of carboxylic acid groups (broad SMARTS) is 1. The second kappa shape index (κ2) is 2.26. The van der Waals surface area contributed by atoms with Crippen molar-refractivity contribution in [1.29, 1.82) is 0 Å². The second-order valence-corrected chi connectivity index (χ2v) is 3.20. The van der Waals surface area contributed by atoms with Crippen molar-refractivity contribution in [2.45, 2.75) is 18.9 Å². The summed E-state index contributed by atoms with van der Waals surface area (Å²) in [5.74, 6) is 0.931. The molecule has 1 saturated carbocycles. The fraction of sp³-hybridized carbons (Fsp3) is 0.625. The van der Waals surface area contributed by atoms with Crippen LogP contribution in [-0.2, 0) is 4.74 Å². The number of hydrogen-bond acceptors (Lipinski definition) is 2. The molecule has 2 unspecified atom stereocenters. The van der Waals surface area contributed by atoms with Gasteiger partial charge in [0.15, 0.2) is 0 Å². The first-order valence-corrected chi connectivity index (χ1v) is 3.83. The van der Waals surface area contributed by atoms with Gasteiger partial charge in [-0.15, -0.1) is 0 Å². The van der Waals surface area contributed by atoms with Crippen molar-refractivity contribution in [2.24, 2.45) is 11.8 Å². The molecule has 0 heterocycles. The van der Waals surface area contributed by atoms with Gasteiger partial charge in [0.05, 0.1) is 0 Å². The summed E-state index contributed by atoms with van der Waals surface area (Å²) < 4.78 is 4.71. The van der Waals surface area contributed by atoms with Crippen LogP contribution in [-0.4, -0.2) is 17.4 Å². The lowest BCUT2D eigenvalue weighted by Gasteiger charge is -2.15. The van der Waals surface area contributed by atoms with E-state index in [1.54, 1.807) is 0 Å². The van der Waals surface area contributed by atoms with Gasteiger partial charge in [0, 0.05) is 5.92 Å². The van der Waals surface area contributed by atoms with Gasteiger partial charge in [-0.25, -0.2) is 4.79 Å². The molecular formula is C8H10O3. The fourth-order valence-electron chi connectivity index (χ4n) is 2.00. The van der Waals surface area contributed by atoms with E-state index in [1.165, 1.54) is 0 Å². The smallest absolute Gasteiger partial charge is 0.450 e. The Hall–Kier alpha value is -0.990. The summed E-state index contributed by atoms with van der Waals surface area (Å²) in [4.78, 5) is 10.2. The number of hydrogen-bond donors (Lipinski definition) is 1. The molecule has 0 saturated heterocycles. The predicted octanol–water partition coefficient (Wildman–Crippen LogP) is 1.65. The Labute approximate surface area is 64.7 Å². The fourth-order valence-corrected chi connectivity index (χ4v) is 2.00. The largest absolute Gasteiger partial charge is 0.506 e. The van der Waals surface area contributed by atoms with Crippen LogP contribution in [0.25, 0.3) is 0 Å². The Balaban J connectivity index is 1.98. The molecule has 3 heteroatoms. The Kier molecular flexibility index (Phi) is 1.37. The molecule has 0 aromatic carbocycles. The van der Waals surface area contributed by atoms with Gasteiger partial charge in [-0.05, 0) is 18.8 Å². The molecule has 2 bridgehead atoms. The summed E-state index contributed by atoms with van der Waals surface area (Å²) in [6, 6.07) is 0. The van der Waals surface area contributed by atoms with Crippen molar-refractivity contribution in [1.82, 2.24) is 0 Å². The van der Waals surface area contributed by atoms with Crippen LogP contribution < -0.4 is 0 Å². The van der Waals surface area contributed by atoms with Gasteiger partial charge in [-0.2, -0.15) is 0 Å². The molecule has 11 heavy (non-hydrogen) atoms. The lowest BCUT2D eigenvalue weighted by molar-refractivity contribution is 0.0413. The monoisotopic (exact) mass is 154 g/mol. The number of ether oxygens (including phenoxy) is 1. The molecule has 2 aliphatic rings. The Morgan fingerprint density at radius 2 is 2.27 bits per heavy atom. The Morgan fingerprint density at radius 1 is 1.45 bits per heavy atom. The van der Waals surface area contributed by atoms with Crippen molar-refractivity contribution in [2.75, 3.05) is 0 Å². The molecular weight excluding hydrogens is 144 g/mol. The topological polar surface area (TPSA) is 46.5 Å². The van der Waals surface area contributed by atoms with Crippen LogP contribution >= 0.6 is 0 Å². The van der Waals surface area contributed by atoms with Gasteiger partial charge in [-0.1, -0.05) is 12.2 Å². The molecule has 0 aromatic rings. The lowest BCUT2D eigenvalue weighted by atomic mass is 10.1. The summed E-state index contributed by atoms with van der Waals surface area (Å²) in [6.45, 7) is 0. The number of rotatable bonds is 1. The average Bonchev–Trinajstić information content (AvgIpc) is 2.45. The molecule has 0 aliphatic heterocycles. The molecule has 3 atom stereocenters. The lowest BCUT2D eigenvalue weighted by Crippen LogP contribution is -2.20. The van der Waals surface area contributed by atoms with E-state index >= 15 is 0 Å². The third-order valence-corrected chi connectivity index (χ3v) is 2.47. The van der Waals surface area contributed by atoms with Gasteiger partial charge in [0.25, 0.3) is 0 Å². The highest BCUT2D eigenvalue weighted by atomic mass is 16.7. The van der Waals surface area contributed by atoms with E-state index in [9.17, 15) is 4.79 Å². The zero-order chi connectivity index (χ0) is 7.84. The van der Waals surface area contributed by atoms with Gasteiger partial charge in [0.1, 0.15) is 6.10 Å². The maximum absolute atomic E-state index is 10.2. The highest BCUT2D eigenvalue weighted by Gasteiger charge is 2.37. The van der Waals surface area contributed by atoms with Gasteiger partial charge in [0.2, 0.25) is 0 Å². The quantitative estimate of drug-likeness (QED) is 0.461. The third kappa shape index (κ3) is 1.11. The molecule has 1 N–H and O–H groups in total. The van der Waals surface area contributed by atoms with Crippen LogP contribution in [0.5, 0.6) is 0 Å². The molecule has 2 rings (SSSR count). The standard InChI is InChI=1S/C8H10O3/c9-8(10)11-7-4-5-1-2-6(7)3-5/h1-2,5-7H,3-4H2,(H,9,10)/t5?,6?,7-/m1/s1.